The smallest absolute Gasteiger partial charge is 0.255 e. The first-order valence-electron chi connectivity index (χ1n) is 8.83. The van der Waals surface area contributed by atoms with Crippen LogP contribution in [-0.2, 0) is 4.79 Å². The Balaban J connectivity index is 1.27. The monoisotopic (exact) mass is 369 g/mol. The molecule has 2 heterocycles. The summed E-state index contributed by atoms with van der Waals surface area (Å²) in [5.74, 6) is -3.43. The van der Waals surface area contributed by atoms with Gasteiger partial charge < -0.3 is 9.80 Å². The Bertz CT molecular complexity index is 663. The third kappa shape index (κ3) is 3.34. The van der Waals surface area contributed by atoms with E-state index in [0.717, 1.165) is 18.8 Å². The van der Waals surface area contributed by atoms with Gasteiger partial charge in [0.15, 0.2) is 0 Å². The molecule has 1 saturated carbocycles. The number of halogens is 3. The van der Waals surface area contributed by atoms with Gasteiger partial charge in [-0.3, -0.25) is 9.69 Å². The Kier molecular flexibility index (Phi) is 4.36. The number of carbonyl (C=O) groups excluding carboxylic acids is 1. The highest BCUT2D eigenvalue weighted by atomic mass is 35.5. The molecule has 136 valence electrons. The van der Waals surface area contributed by atoms with Crippen LogP contribution in [0.3, 0.4) is 0 Å². The number of fused-ring (bicyclic) bond motifs is 1. The van der Waals surface area contributed by atoms with Gasteiger partial charge in [-0.1, -0.05) is 17.7 Å². The van der Waals surface area contributed by atoms with Crippen molar-refractivity contribution in [3.8, 4) is 0 Å². The van der Waals surface area contributed by atoms with Crippen molar-refractivity contribution < 1.29 is 13.6 Å². The lowest BCUT2D eigenvalue weighted by atomic mass is 10.1. The number of carbonyl (C=O) groups is 1. The maximum Gasteiger partial charge on any atom is 0.255 e. The molecular formula is C18H22ClF2N3O. The molecule has 2 aliphatic heterocycles. The lowest BCUT2D eigenvalue weighted by Crippen LogP contribution is -2.51. The average molecular weight is 370 g/mol. The van der Waals surface area contributed by atoms with Crippen LogP contribution < -0.4 is 4.90 Å². The molecule has 2 unspecified atom stereocenters. The third-order valence-corrected chi connectivity index (χ3v) is 5.98. The van der Waals surface area contributed by atoms with Crippen LogP contribution >= 0.6 is 11.6 Å². The number of piperidine rings is 1. The van der Waals surface area contributed by atoms with Crippen LogP contribution in [0, 0.1) is 11.8 Å². The number of hydrogen-bond donors (Lipinski definition) is 0. The van der Waals surface area contributed by atoms with Gasteiger partial charge in [-0.25, -0.2) is 8.78 Å². The molecule has 2 saturated heterocycles. The Morgan fingerprint density at radius 2 is 1.92 bits per heavy atom. The molecule has 1 aromatic rings. The summed E-state index contributed by atoms with van der Waals surface area (Å²) < 4.78 is 26.9. The molecule has 4 rings (SSSR count). The minimum atomic E-state index is -2.50. The van der Waals surface area contributed by atoms with Gasteiger partial charge in [0.1, 0.15) is 0 Å². The molecule has 3 fully saturated rings. The van der Waals surface area contributed by atoms with Crippen LogP contribution in [0.2, 0.25) is 5.02 Å². The van der Waals surface area contributed by atoms with Crippen molar-refractivity contribution in [1.29, 1.82) is 0 Å². The number of alkyl halides is 2. The third-order valence-electron chi connectivity index (χ3n) is 5.74. The first-order chi connectivity index (χ1) is 11.9. The van der Waals surface area contributed by atoms with Crippen LogP contribution in [-0.4, -0.2) is 67.4 Å². The Morgan fingerprint density at radius 3 is 2.60 bits per heavy atom. The molecule has 0 N–H and O–H groups in total. The van der Waals surface area contributed by atoms with E-state index in [1.807, 2.05) is 34.1 Å². The fraction of sp³-hybridized carbons (Fsp3) is 0.611. The van der Waals surface area contributed by atoms with Crippen LogP contribution in [0.15, 0.2) is 24.3 Å². The summed E-state index contributed by atoms with van der Waals surface area (Å²) >= 11 is 6.04. The number of benzene rings is 1. The fourth-order valence-corrected chi connectivity index (χ4v) is 4.30. The molecule has 4 nitrogen and oxygen atoms in total. The van der Waals surface area contributed by atoms with Crippen molar-refractivity contribution in [1.82, 2.24) is 9.80 Å². The molecule has 7 heteroatoms. The summed E-state index contributed by atoms with van der Waals surface area (Å²) in [6.45, 7) is 4.04. The van der Waals surface area contributed by atoms with Gasteiger partial charge in [0, 0.05) is 55.3 Å². The van der Waals surface area contributed by atoms with E-state index >= 15 is 0 Å². The first-order valence-corrected chi connectivity index (χ1v) is 9.21. The number of likely N-dealkylation sites (tertiary alicyclic amines) is 1. The Morgan fingerprint density at radius 1 is 1.16 bits per heavy atom. The topological polar surface area (TPSA) is 26.8 Å². The van der Waals surface area contributed by atoms with E-state index in [2.05, 4.69) is 4.90 Å². The second-order valence-corrected chi connectivity index (χ2v) is 7.70. The molecule has 3 aliphatic rings. The van der Waals surface area contributed by atoms with Crippen molar-refractivity contribution in [2.45, 2.75) is 12.3 Å². The minimum absolute atomic E-state index is 0.0492. The van der Waals surface area contributed by atoms with Crippen molar-refractivity contribution in [3.63, 3.8) is 0 Å². The lowest BCUT2D eigenvalue weighted by Gasteiger charge is -2.37. The molecule has 0 spiro atoms. The second-order valence-electron chi connectivity index (χ2n) is 7.26. The van der Waals surface area contributed by atoms with E-state index in [-0.39, 0.29) is 12.5 Å². The van der Waals surface area contributed by atoms with Crippen molar-refractivity contribution in [2.75, 3.05) is 50.7 Å². The van der Waals surface area contributed by atoms with Gasteiger partial charge in [0.05, 0.1) is 6.54 Å². The van der Waals surface area contributed by atoms with E-state index < -0.39 is 17.8 Å². The normalized spacial score (nSPS) is 28.6. The molecule has 1 amide bonds. The molecule has 1 aliphatic carbocycles. The number of rotatable bonds is 3. The zero-order valence-electron chi connectivity index (χ0n) is 14.0. The fourth-order valence-electron chi connectivity index (χ4n) is 4.12. The van der Waals surface area contributed by atoms with Crippen molar-refractivity contribution >= 4 is 23.2 Å². The van der Waals surface area contributed by atoms with Gasteiger partial charge in [-0.2, -0.15) is 0 Å². The van der Waals surface area contributed by atoms with Crippen LogP contribution in [0.5, 0.6) is 0 Å². The molecule has 25 heavy (non-hydrogen) atoms. The number of anilines is 1. The van der Waals surface area contributed by atoms with Gasteiger partial charge in [-0.05, 0) is 31.2 Å². The van der Waals surface area contributed by atoms with Gasteiger partial charge in [-0.15, -0.1) is 0 Å². The molecule has 0 bridgehead atoms. The van der Waals surface area contributed by atoms with E-state index in [9.17, 15) is 13.6 Å². The zero-order valence-corrected chi connectivity index (χ0v) is 14.8. The van der Waals surface area contributed by atoms with Crippen LogP contribution in [0.25, 0.3) is 0 Å². The summed E-state index contributed by atoms with van der Waals surface area (Å²) in [5, 5.41) is 0.705. The number of piperazine rings is 1. The second kappa shape index (κ2) is 6.40. The van der Waals surface area contributed by atoms with E-state index in [1.165, 1.54) is 0 Å². The van der Waals surface area contributed by atoms with E-state index in [0.29, 0.717) is 37.6 Å². The Hall–Kier alpha value is -1.40. The average Bonchev–Trinajstić information content (AvgIpc) is 3.15. The summed E-state index contributed by atoms with van der Waals surface area (Å²) in [5.41, 5.74) is 1.07. The van der Waals surface area contributed by atoms with Gasteiger partial charge in [0.25, 0.3) is 5.92 Å². The predicted octanol–water partition coefficient (Wildman–Crippen LogP) is 2.58. The lowest BCUT2D eigenvalue weighted by molar-refractivity contribution is -0.133. The van der Waals surface area contributed by atoms with Gasteiger partial charge >= 0.3 is 0 Å². The highest BCUT2D eigenvalue weighted by molar-refractivity contribution is 6.30. The standard InChI is InChI=1S/C18H22ClF2N3O/c19-13-2-1-3-14(10-13)23-6-8-24(9-7-23)17(25)12-22-5-4-15-16(11-22)18(15,20)21/h1-3,10,15-16H,4-9,11-12H2. The van der Waals surface area contributed by atoms with E-state index in [4.69, 9.17) is 11.6 Å². The molecule has 2 atom stereocenters. The molecular weight excluding hydrogens is 348 g/mol. The summed E-state index contributed by atoms with van der Waals surface area (Å²) in [6, 6.07) is 7.71. The van der Waals surface area contributed by atoms with Crippen LogP contribution in [0.4, 0.5) is 14.5 Å². The zero-order chi connectivity index (χ0) is 17.6. The summed E-state index contributed by atoms with van der Waals surface area (Å²) in [6.07, 6.45) is 0.507. The first kappa shape index (κ1) is 17.0. The predicted molar refractivity (Wildman–Crippen MR) is 93.2 cm³/mol. The van der Waals surface area contributed by atoms with Crippen molar-refractivity contribution in [3.05, 3.63) is 29.3 Å². The minimum Gasteiger partial charge on any atom is -0.368 e. The van der Waals surface area contributed by atoms with E-state index in [1.54, 1.807) is 0 Å². The van der Waals surface area contributed by atoms with Crippen molar-refractivity contribution in [2.24, 2.45) is 11.8 Å². The SMILES string of the molecule is O=C(CN1CCC2C(C1)C2(F)F)N1CCN(c2cccc(Cl)c2)CC1. The largest absolute Gasteiger partial charge is 0.368 e. The van der Waals surface area contributed by atoms with Gasteiger partial charge in [0.2, 0.25) is 5.91 Å². The maximum absolute atomic E-state index is 13.5. The Labute approximate surface area is 151 Å². The summed E-state index contributed by atoms with van der Waals surface area (Å²) in [7, 11) is 0. The maximum atomic E-state index is 13.5. The molecule has 1 aromatic carbocycles. The molecule has 0 radical (unpaired) electrons. The van der Waals surface area contributed by atoms with Crippen LogP contribution in [0.1, 0.15) is 6.42 Å². The highest BCUT2D eigenvalue weighted by Gasteiger charge is 2.68. The summed E-state index contributed by atoms with van der Waals surface area (Å²) in [4.78, 5) is 18.5. The number of amides is 1. The quantitative estimate of drug-likeness (QED) is 0.819. The molecule has 0 aromatic heterocycles. The highest BCUT2D eigenvalue weighted by Crippen LogP contribution is 2.59. The number of nitrogens with zero attached hydrogens (tertiary/aromatic N) is 3. The number of hydrogen-bond acceptors (Lipinski definition) is 3.